The third-order valence-corrected chi connectivity index (χ3v) is 16.7. The van der Waals surface area contributed by atoms with E-state index in [4.69, 9.17) is 19.4 Å². The molecule has 13 rings (SSSR count). The highest BCUT2D eigenvalue weighted by Crippen LogP contribution is 2.39. The number of methoxy groups -OCH3 is 1. The lowest BCUT2D eigenvalue weighted by molar-refractivity contribution is 0.340. The van der Waals surface area contributed by atoms with E-state index in [0.717, 1.165) is 103 Å². The molecule has 0 aliphatic carbocycles. The van der Waals surface area contributed by atoms with Crippen LogP contribution in [0.25, 0.3) is 80.6 Å². The maximum atomic E-state index is 11.9. The zero-order valence-corrected chi connectivity index (χ0v) is 44.8. The lowest BCUT2D eigenvalue weighted by atomic mass is 9.50. The molecule has 8 nitrogen and oxygen atoms in total. The Morgan fingerprint density at radius 1 is 0.532 bits per heavy atom. The molecule has 4 aromatic heterocycles. The van der Waals surface area contributed by atoms with E-state index in [9.17, 15) is 11.8 Å². The van der Waals surface area contributed by atoms with Crippen LogP contribution in [0.1, 0.15) is 16.9 Å². The van der Waals surface area contributed by atoms with Gasteiger partial charge in [0.2, 0.25) is 5.70 Å². The molecule has 0 radical (unpaired) electrons. The quantitative estimate of drug-likeness (QED) is 0.0849. The first-order chi connectivity index (χ1) is 39.0. The first kappa shape index (κ1) is 48.9. The van der Waals surface area contributed by atoms with Crippen LogP contribution >= 0.6 is 22.7 Å². The number of benzene rings is 9. The zero-order chi connectivity index (χ0) is 53.4. The lowest BCUT2D eigenvalue weighted by Gasteiger charge is -2.20. The van der Waals surface area contributed by atoms with Gasteiger partial charge < -0.3 is 18.4 Å². The number of fused-ring (bicyclic) bond motifs is 4. The number of para-hydroxylation sites is 2. The molecule has 9 aromatic carbocycles. The van der Waals surface area contributed by atoms with Gasteiger partial charge in [-0.05, 0) is 78.7 Å². The highest BCUT2D eigenvalue weighted by Gasteiger charge is 2.34. The van der Waals surface area contributed by atoms with Gasteiger partial charge >= 0.3 is 13.7 Å². The van der Waals surface area contributed by atoms with E-state index in [-0.39, 0.29) is 0 Å². The monoisotopic (exact) mass is 1050 g/mol. The Morgan fingerprint density at radius 3 is 1.37 bits per heavy atom. The molecular formula is C67H46B2N6O2S2. The molecule has 4 heterocycles. The summed E-state index contributed by atoms with van der Waals surface area (Å²) < 4.78 is 18.6. The average Bonchev–Trinajstić information content (AvgIpc) is 3.34. The van der Waals surface area contributed by atoms with E-state index in [1.807, 2.05) is 91.9 Å². The van der Waals surface area contributed by atoms with Crippen molar-refractivity contribution in [1.29, 1.82) is 5.26 Å². The number of rotatable bonds is 13. The van der Waals surface area contributed by atoms with E-state index in [1.165, 1.54) is 22.7 Å². The van der Waals surface area contributed by atoms with E-state index >= 15 is 0 Å². The standard InChI is InChI=1S/C67H46B2N6O2S2/c1-4-77-51-39-35-45(36-40-51)62-53-42-57-52(41-58(53)75(69(48-25-13-7-14-26-48)49-27-15-8-16-28-49)65(62)63(71-2)67-73-56-30-18-20-32-60(56)79-67)61(44-33-37-50(76-3)38-34-44)64(54(43-70)66-72-55-29-17-19-31-59(55)78-66)74(57)68(46-21-9-5-10-22-46)47-23-11-6-12-24-47/h5-42H,4H2,1,3H3/b64-54-,65-63+. The molecule has 0 fully saturated rings. The van der Waals surface area contributed by atoms with Crippen molar-refractivity contribution in [2.24, 2.45) is 0 Å². The van der Waals surface area contributed by atoms with E-state index in [2.05, 4.69) is 165 Å². The zero-order valence-electron chi connectivity index (χ0n) is 43.1. The summed E-state index contributed by atoms with van der Waals surface area (Å²) in [6.45, 7) is 11.0. The fourth-order valence-electron chi connectivity index (χ4n) is 11.2. The maximum Gasteiger partial charge on any atom is 0.328 e. The van der Waals surface area contributed by atoms with Crippen LogP contribution in [0.4, 0.5) is 0 Å². The topological polar surface area (TPSA) is 82.2 Å². The smallest absolute Gasteiger partial charge is 0.328 e. The molecule has 12 heteroatoms. The van der Waals surface area contributed by atoms with Crippen molar-refractivity contribution in [3.8, 4) is 39.8 Å². The van der Waals surface area contributed by atoms with Gasteiger partial charge in [0.25, 0.3) is 0 Å². The second kappa shape index (κ2) is 21.0. The van der Waals surface area contributed by atoms with Crippen molar-refractivity contribution in [3.05, 3.63) is 263 Å². The number of thiazole rings is 2. The molecule has 0 saturated heterocycles. The Morgan fingerprint density at radius 2 is 0.937 bits per heavy atom. The van der Waals surface area contributed by atoms with Crippen LogP contribution in [0, 0.1) is 17.9 Å². The second-order valence-electron chi connectivity index (χ2n) is 19.1. The molecule has 374 valence electrons. The second-order valence-corrected chi connectivity index (χ2v) is 21.2. The Hall–Kier alpha value is -9.71. The summed E-state index contributed by atoms with van der Waals surface area (Å²) in [4.78, 5) is 15.0. The van der Waals surface area contributed by atoms with Crippen LogP contribution in [-0.2, 0) is 0 Å². The molecule has 79 heavy (non-hydrogen) atoms. The molecule has 0 amide bonds. The van der Waals surface area contributed by atoms with Crippen LogP contribution < -0.4 is 42.0 Å². The van der Waals surface area contributed by atoms with E-state index in [0.29, 0.717) is 33.6 Å². The minimum absolute atomic E-state index is 0.434. The number of hydrogen-bond acceptors (Lipinski definition) is 7. The van der Waals surface area contributed by atoms with Gasteiger partial charge in [-0.25, -0.2) is 14.8 Å². The minimum atomic E-state index is -0.438. The van der Waals surface area contributed by atoms with Crippen LogP contribution in [0.3, 0.4) is 0 Å². The number of aromatic nitrogens is 4. The summed E-state index contributed by atoms with van der Waals surface area (Å²) in [7, 11) is 1.67. The highest BCUT2D eigenvalue weighted by atomic mass is 32.1. The van der Waals surface area contributed by atoms with Gasteiger partial charge in [0.05, 0.1) is 46.1 Å². The Kier molecular flexibility index (Phi) is 13.0. The number of nitrogens with zero attached hydrogens (tertiary/aromatic N) is 6. The fourth-order valence-corrected chi connectivity index (χ4v) is 13.2. The summed E-state index contributed by atoms with van der Waals surface area (Å²) in [6, 6.07) is 82.1. The molecule has 0 N–H and O–H groups in total. The first-order valence-corrected chi connectivity index (χ1v) is 27.7. The molecule has 13 aromatic rings. The van der Waals surface area contributed by atoms with Crippen LogP contribution in [-0.4, -0.2) is 46.3 Å². The van der Waals surface area contributed by atoms with Crippen molar-refractivity contribution in [3.63, 3.8) is 0 Å². The predicted octanol–water partition coefficient (Wildman–Crippen LogP) is 11.7. The van der Waals surface area contributed by atoms with Gasteiger partial charge in [0.15, 0.2) is 0 Å². The number of nitriles is 1. The highest BCUT2D eigenvalue weighted by molar-refractivity contribution is 7.20. The van der Waals surface area contributed by atoms with Gasteiger partial charge in [-0.2, -0.15) is 5.26 Å². The van der Waals surface area contributed by atoms with Gasteiger partial charge in [0.1, 0.15) is 33.2 Å². The number of hydrogen-bond donors (Lipinski definition) is 0. The Balaban J connectivity index is 1.31. The van der Waals surface area contributed by atoms with E-state index in [1.54, 1.807) is 7.11 Å². The van der Waals surface area contributed by atoms with Crippen LogP contribution in [0.2, 0.25) is 0 Å². The Labute approximate surface area is 465 Å². The van der Waals surface area contributed by atoms with Gasteiger partial charge in [-0.3, -0.25) is 0 Å². The first-order valence-electron chi connectivity index (χ1n) is 26.1. The predicted molar refractivity (Wildman–Crippen MR) is 328 cm³/mol. The molecule has 0 atom stereocenters. The molecule has 0 aliphatic heterocycles. The minimum Gasteiger partial charge on any atom is -0.497 e. The SMILES string of the molecule is [C-]#[N+]/C(c1nc2ccccc2s1)=c1\c(-c2ccc(OCC)cc2)c2cc3c(cc2n1B(c1ccccc1)c1ccccc1)c(-c1ccc(OC)cc1)/c(=C(\C#N)c1nc2ccccc2s1)n3B(c1ccccc1)c1ccccc1. The van der Waals surface area contributed by atoms with Gasteiger partial charge in [0, 0.05) is 38.3 Å². The van der Waals surface area contributed by atoms with Crippen molar-refractivity contribution < 1.29 is 9.47 Å². The van der Waals surface area contributed by atoms with Crippen molar-refractivity contribution >= 4 is 112 Å². The molecular weight excluding hydrogens is 1010 g/mol. The molecule has 0 unspecified atom stereocenters. The van der Waals surface area contributed by atoms with Gasteiger partial charge in [-0.15, -0.1) is 22.7 Å². The third kappa shape index (κ3) is 8.74. The third-order valence-electron chi connectivity index (χ3n) is 14.6. The molecule has 0 saturated carbocycles. The fraction of sp³-hybridized carbons (Fsp3) is 0.0448. The lowest BCUT2D eigenvalue weighted by Crippen LogP contribution is -2.52. The summed E-state index contributed by atoms with van der Waals surface area (Å²) in [5.41, 5.74) is 12.0. The van der Waals surface area contributed by atoms with Crippen LogP contribution in [0.5, 0.6) is 11.5 Å². The normalized spacial score (nSPS) is 12.1. The van der Waals surface area contributed by atoms with Crippen molar-refractivity contribution in [1.82, 2.24) is 18.9 Å². The molecule has 0 aliphatic rings. The summed E-state index contributed by atoms with van der Waals surface area (Å²) in [5.74, 6) is 1.46. The summed E-state index contributed by atoms with van der Waals surface area (Å²) in [6.07, 6.45) is 0. The number of ether oxygens (including phenoxy) is 2. The van der Waals surface area contributed by atoms with Crippen molar-refractivity contribution in [2.75, 3.05) is 13.7 Å². The Bertz CT molecular complexity index is 4480. The molecule has 0 bridgehead atoms. The summed E-state index contributed by atoms with van der Waals surface area (Å²) >= 11 is 3.05. The summed E-state index contributed by atoms with van der Waals surface area (Å²) in [5, 5.41) is 16.5. The average molecular weight is 1050 g/mol. The van der Waals surface area contributed by atoms with Gasteiger partial charge in [-0.1, -0.05) is 192 Å². The largest absolute Gasteiger partial charge is 0.497 e. The van der Waals surface area contributed by atoms with Crippen LogP contribution in [0.15, 0.2) is 231 Å². The maximum absolute atomic E-state index is 11.9. The van der Waals surface area contributed by atoms with E-state index < -0.39 is 13.7 Å². The molecule has 0 spiro atoms. The van der Waals surface area contributed by atoms with Crippen molar-refractivity contribution in [2.45, 2.75) is 6.92 Å².